The van der Waals surface area contributed by atoms with Gasteiger partial charge in [-0.15, -0.1) is 0 Å². The molecule has 1 aromatic carbocycles. The topological polar surface area (TPSA) is 73.2 Å². The first kappa shape index (κ1) is 16.2. The number of carbonyl (C=O) groups is 2. The third kappa shape index (κ3) is 3.36. The summed E-state index contributed by atoms with van der Waals surface area (Å²) < 4.78 is 7.35. The first-order valence-electron chi connectivity index (χ1n) is 6.71. The lowest BCUT2D eigenvalue weighted by Crippen LogP contribution is -2.17. The highest BCUT2D eigenvalue weighted by atomic mass is 79.9. The maximum Gasteiger partial charge on any atom is 0.343 e. The van der Waals surface area contributed by atoms with Crippen molar-refractivity contribution in [1.29, 1.82) is 0 Å². The minimum Gasteiger partial charge on any atom is -0.462 e. The van der Waals surface area contributed by atoms with E-state index in [4.69, 9.17) is 4.74 Å². The zero-order valence-corrected chi connectivity index (χ0v) is 14.1. The number of halogens is 1. The van der Waals surface area contributed by atoms with Crippen molar-refractivity contribution in [2.75, 3.05) is 11.9 Å². The van der Waals surface area contributed by atoms with Crippen molar-refractivity contribution in [3.63, 3.8) is 0 Å². The molecule has 0 fully saturated rings. The highest BCUT2D eigenvalue weighted by Gasteiger charge is 2.23. The molecule has 1 heterocycles. The number of carbonyl (C=O) groups excluding carboxylic acids is 2. The second-order valence-corrected chi connectivity index (χ2v) is 5.53. The number of hydrogen-bond acceptors (Lipinski definition) is 4. The van der Waals surface area contributed by atoms with Crippen LogP contribution < -0.4 is 5.32 Å². The van der Waals surface area contributed by atoms with E-state index in [0.29, 0.717) is 17.1 Å². The molecule has 116 valence electrons. The quantitative estimate of drug-likeness (QED) is 0.845. The van der Waals surface area contributed by atoms with Gasteiger partial charge in [-0.2, -0.15) is 5.10 Å². The van der Waals surface area contributed by atoms with Gasteiger partial charge in [0.2, 0.25) is 0 Å². The Balaban J connectivity index is 2.31. The standard InChI is InChI=1S/C15H16BrN3O3/c1-4-22-15(21)12-9(2)18-19(3)13(12)17-14(20)10-5-7-11(16)8-6-10/h5-8H,4H2,1-3H3,(H,17,20). The number of nitrogens with one attached hydrogen (secondary N) is 1. The fourth-order valence-corrected chi connectivity index (χ4v) is 2.29. The van der Waals surface area contributed by atoms with E-state index < -0.39 is 5.97 Å². The Labute approximate surface area is 136 Å². The van der Waals surface area contributed by atoms with E-state index in [0.717, 1.165) is 4.47 Å². The number of nitrogens with zero attached hydrogens (tertiary/aromatic N) is 2. The number of aromatic nitrogens is 2. The Bertz CT molecular complexity index is 708. The molecule has 6 nitrogen and oxygen atoms in total. The number of ether oxygens (including phenoxy) is 1. The molecule has 0 bridgehead atoms. The van der Waals surface area contributed by atoms with Crippen molar-refractivity contribution in [1.82, 2.24) is 9.78 Å². The van der Waals surface area contributed by atoms with Crippen LogP contribution in [0.25, 0.3) is 0 Å². The molecule has 0 atom stereocenters. The van der Waals surface area contributed by atoms with Crippen LogP contribution in [0.15, 0.2) is 28.7 Å². The van der Waals surface area contributed by atoms with Gasteiger partial charge >= 0.3 is 5.97 Å². The Hall–Kier alpha value is -2.15. The Kier molecular flexibility index (Phi) is 4.97. The van der Waals surface area contributed by atoms with Crippen molar-refractivity contribution in [3.8, 4) is 0 Å². The van der Waals surface area contributed by atoms with Crippen LogP contribution in [0.4, 0.5) is 5.82 Å². The number of anilines is 1. The average Bonchev–Trinajstić information content (AvgIpc) is 2.74. The predicted octanol–water partition coefficient (Wildman–Crippen LogP) is 2.92. The van der Waals surface area contributed by atoms with Crippen LogP contribution in [0.5, 0.6) is 0 Å². The van der Waals surface area contributed by atoms with E-state index in [9.17, 15) is 9.59 Å². The molecule has 0 saturated carbocycles. The van der Waals surface area contributed by atoms with Gasteiger partial charge in [0.05, 0.1) is 12.3 Å². The summed E-state index contributed by atoms with van der Waals surface area (Å²) in [5, 5.41) is 6.89. The summed E-state index contributed by atoms with van der Waals surface area (Å²) in [5.41, 5.74) is 1.26. The second-order valence-electron chi connectivity index (χ2n) is 4.61. The van der Waals surface area contributed by atoms with Crippen molar-refractivity contribution in [2.24, 2.45) is 7.05 Å². The summed E-state index contributed by atoms with van der Waals surface area (Å²) >= 11 is 3.32. The monoisotopic (exact) mass is 365 g/mol. The van der Waals surface area contributed by atoms with Crippen LogP contribution in [0.1, 0.15) is 33.3 Å². The molecule has 0 saturated heterocycles. The summed E-state index contributed by atoms with van der Waals surface area (Å²) in [7, 11) is 1.66. The van der Waals surface area contributed by atoms with Crippen LogP contribution in [-0.2, 0) is 11.8 Å². The second kappa shape index (κ2) is 6.74. The summed E-state index contributed by atoms with van der Waals surface area (Å²) in [6, 6.07) is 6.92. The van der Waals surface area contributed by atoms with Gasteiger partial charge in [-0.05, 0) is 38.1 Å². The molecular weight excluding hydrogens is 350 g/mol. The van der Waals surface area contributed by atoms with Crippen molar-refractivity contribution < 1.29 is 14.3 Å². The minimum atomic E-state index is -0.501. The zero-order valence-electron chi connectivity index (χ0n) is 12.5. The lowest BCUT2D eigenvalue weighted by molar-refractivity contribution is 0.0526. The van der Waals surface area contributed by atoms with Gasteiger partial charge in [-0.25, -0.2) is 4.79 Å². The maximum atomic E-state index is 12.3. The van der Waals surface area contributed by atoms with Crippen LogP contribution in [0.3, 0.4) is 0 Å². The smallest absolute Gasteiger partial charge is 0.343 e. The van der Waals surface area contributed by atoms with Crippen LogP contribution >= 0.6 is 15.9 Å². The van der Waals surface area contributed by atoms with E-state index in [1.807, 2.05) is 0 Å². The zero-order chi connectivity index (χ0) is 16.3. The third-order valence-corrected chi connectivity index (χ3v) is 3.57. The molecular formula is C15H16BrN3O3. The number of benzene rings is 1. The van der Waals surface area contributed by atoms with Gasteiger partial charge in [0.1, 0.15) is 11.4 Å². The molecule has 1 amide bonds. The molecule has 0 aliphatic heterocycles. The van der Waals surface area contributed by atoms with E-state index in [1.165, 1.54) is 4.68 Å². The molecule has 22 heavy (non-hydrogen) atoms. The largest absolute Gasteiger partial charge is 0.462 e. The van der Waals surface area contributed by atoms with Gasteiger partial charge in [0, 0.05) is 17.1 Å². The fourth-order valence-electron chi connectivity index (χ4n) is 2.03. The highest BCUT2D eigenvalue weighted by Crippen LogP contribution is 2.21. The summed E-state index contributed by atoms with van der Waals surface area (Å²) in [5.74, 6) is -0.496. The Morgan fingerprint density at radius 2 is 1.95 bits per heavy atom. The summed E-state index contributed by atoms with van der Waals surface area (Å²) in [6.07, 6.45) is 0. The molecule has 0 aliphatic rings. The van der Waals surface area contributed by atoms with Crippen molar-refractivity contribution >= 4 is 33.6 Å². The van der Waals surface area contributed by atoms with Crippen LogP contribution in [-0.4, -0.2) is 28.3 Å². The number of aryl methyl sites for hydroxylation is 2. The molecule has 0 radical (unpaired) electrons. The molecule has 7 heteroatoms. The van der Waals surface area contributed by atoms with Gasteiger partial charge in [-0.3, -0.25) is 9.48 Å². The summed E-state index contributed by atoms with van der Waals surface area (Å²) in [4.78, 5) is 24.3. The summed E-state index contributed by atoms with van der Waals surface area (Å²) in [6.45, 7) is 3.68. The number of esters is 1. The molecule has 2 aromatic rings. The van der Waals surface area contributed by atoms with E-state index in [1.54, 1.807) is 45.2 Å². The van der Waals surface area contributed by atoms with E-state index in [-0.39, 0.29) is 18.1 Å². The Morgan fingerprint density at radius 3 is 2.55 bits per heavy atom. The van der Waals surface area contributed by atoms with Gasteiger partial charge in [0.25, 0.3) is 5.91 Å². The average molecular weight is 366 g/mol. The normalized spacial score (nSPS) is 10.4. The SMILES string of the molecule is CCOC(=O)c1c(C)nn(C)c1NC(=O)c1ccc(Br)cc1. The van der Waals surface area contributed by atoms with Crippen LogP contribution in [0.2, 0.25) is 0 Å². The highest BCUT2D eigenvalue weighted by molar-refractivity contribution is 9.10. The predicted molar refractivity (Wildman–Crippen MR) is 86.0 cm³/mol. The van der Waals surface area contributed by atoms with Crippen molar-refractivity contribution in [2.45, 2.75) is 13.8 Å². The first-order valence-corrected chi connectivity index (χ1v) is 7.51. The third-order valence-electron chi connectivity index (χ3n) is 3.04. The molecule has 1 aromatic heterocycles. The van der Waals surface area contributed by atoms with Gasteiger partial charge < -0.3 is 10.1 Å². The molecule has 2 rings (SSSR count). The molecule has 0 unspecified atom stereocenters. The molecule has 0 spiro atoms. The van der Waals surface area contributed by atoms with E-state index >= 15 is 0 Å². The van der Waals surface area contributed by atoms with E-state index in [2.05, 4.69) is 26.3 Å². The van der Waals surface area contributed by atoms with Gasteiger partial charge in [0.15, 0.2) is 0 Å². The first-order chi connectivity index (χ1) is 10.4. The number of hydrogen-bond donors (Lipinski definition) is 1. The van der Waals surface area contributed by atoms with Gasteiger partial charge in [-0.1, -0.05) is 15.9 Å². The Morgan fingerprint density at radius 1 is 1.32 bits per heavy atom. The molecule has 1 N–H and O–H groups in total. The molecule has 0 aliphatic carbocycles. The lowest BCUT2D eigenvalue weighted by atomic mass is 10.2. The number of amides is 1. The lowest BCUT2D eigenvalue weighted by Gasteiger charge is -2.08. The fraction of sp³-hybridized carbons (Fsp3) is 0.267. The number of rotatable bonds is 4. The van der Waals surface area contributed by atoms with Crippen molar-refractivity contribution in [3.05, 3.63) is 45.6 Å². The van der Waals surface area contributed by atoms with Crippen LogP contribution in [0, 0.1) is 6.92 Å². The minimum absolute atomic E-state index is 0.257. The maximum absolute atomic E-state index is 12.3.